The lowest BCUT2D eigenvalue weighted by atomic mass is 10.2. The molecule has 12 heteroatoms. The molecule has 1 saturated heterocycles. The predicted molar refractivity (Wildman–Crippen MR) is 108 cm³/mol. The second kappa shape index (κ2) is 9.14. The van der Waals surface area contributed by atoms with E-state index in [1.165, 1.54) is 18.2 Å². The molecule has 2 aliphatic rings. The smallest absolute Gasteiger partial charge is 0.387 e. The minimum Gasteiger partial charge on any atom is -0.489 e. The molecule has 3 N–H and O–H groups in total. The van der Waals surface area contributed by atoms with Crippen LogP contribution in [0, 0.1) is 5.92 Å². The van der Waals surface area contributed by atoms with Gasteiger partial charge >= 0.3 is 6.61 Å². The van der Waals surface area contributed by atoms with Gasteiger partial charge in [0.05, 0.1) is 12.6 Å². The molecule has 0 bridgehead atoms. The number of rotatable bonds is 8. The number of hydrogen-bond donors (Lipinski definition) is 2. The van der Waals surface area contributed by atoms with Crippen molar-refractivity contribution < 1.29 is 37.1 Å². The van der Waals surface area contributed by atoms with Gasteiger partial charge in [0, 0.05) is 5.56 Å². The van der Waals surface area contributed by atoms with E-state index in [4.69, 9.17) is 14.9 Å². The number of piperazine rings is 1. The highest BCUT2D eigenvalue weighted by atomic mass is 19.3. The Labute approximate surface area is 187 Å². The Balaban J connectivity index is 1.65. The minimum absolute atomic E-state index is 0.00157. The van der Waals surface area contributed by atoms with Gasteiger partial charge < -0.3 is 24.5 Å². The molecular formula is C21H22F2N4O6. The van der Waals surface area contributed by atoms with E-state index in [-0.39, 0.29) is 41.9 Å². The lowest BCUT2D eigenvalue weighted by molar-refractivity contribution is -0.135. The summed E-state index contributed by atoms with van der Waals surface area (Å²) in [6.45, 7) is -1.72. The van der Waals surface area contributed by atoms with E-state index in [9.17, 15) is 23.2 Å². The molecule has 1 atom stereocenters. The van der Waals surface area contributed by atoms with Gasteiger partial charge in [0.2, 0.25) is 17.7 Å². The molecule has 176 valence electrons. The van der Waals surface area contributed by atoms with Crippen LogP contribution in [0.2, 0.25) is 0 Å². The van der Waals surface area contributed by atoms with E-state index in [0.717, 1.165) is 17.7 Å². The van der Waals surface area contributed by atoms with Crippen molar-refractivity contribution in [2.45, 2.75) is 32.4 Å². The molecule has 3 amide bonds. The second-order valence-corrected chi connectivity index (χ2v) is 7.95. The Morgan fingerprint density at radius 2 is 1.97 bits per heavy atom. The highest BCUT2D eigenvalue weighted by molar-refractivity contribution is 6.05. The molecule has 1 aliphatic carbocycles. The summed E-state index contributed by atoms with van der Waals surface area (Å²) in [5.41, 5.74) is 6.15. The molecule has 2 aromatic rings. The van der Waals surface area contributed by atoms with Crippen LogP contribution in [0.15, 0.2) is 22.6 Å². The molecule has 1 aromatic heterocycles. The number of alkyl halides is 2. The monoisotopic (exact) mass is 464 g/mol. The summed E-state index contributed by atoms with van der Waals surface area (Å²) >= 11 is 0. The first-order valence-corrected chi connectivity index (χ1v) is 10.3. The van der Waals surface area contributed by atoms with Gasteiger partial charge in [-0.15, -0.1) is 0 Å². The van der Waals surface area contributed by atoms with Crippen LogP contribution in [-0.2, 0) is 9.59 Å². The molecule has 1 aromatic carbocycles. The van der Waals surface area contributed by atoms with Crippen LogP contribution < -0.4 is 20.5 Å². The molecule has 4 rings (SSSR count). The zero-order valence-corrected chi connectivity index (χ0v) is 17.7. The highest BCUT2D eigenvalue weighted by Gasteiger charge is 2.32. The number of ether oxygens (including phenoxy) is 2. The molecule has 0 spiro atoms. The average molecular weight is 464 g/mol. The summed E-state index contributed by atoms with van der Waals surface area (Å²) in [6, 6.07) is 3.44. The summed E-state index contributed by atoms with van der Waals surface area (Å²) in [5.74, 6) is -1.54. The van der Waals surface area contributed by atoms with E-state index in [2.05, 4.69) is 15.0 Å². The maximum atomic E-state index is 13.0. The summed E-state index contributed by atoms with van der Waals surface area (Å²) in [6.07, 6.45) is 2.01. The normalized spacial score (nSPS) is 17.2. The number of hydrogen-bond acceptors (Lipinski definition) is 8. The molecule has 10 nitrogen and oxygen atoms in total. The number of imide groups is 1. The number of carbonyl (C=O) groups excluding carboxylic acids is 3. The van der Waals surface area contributed by atoms with Crippen molar-refractivity contribution in [1.29, 1.82) is 0 Å². The maximum absolute atomic E-state index is 13.0. The number of amides is 3. The fourth-order valence-corrected chi connectivity index (χ4v) is 3.29. The van der Waals surface area contributed by atoms with Crippen molar-refractivity contribution in [3.8, 4) is 23.0 Å². The largest absolute Gasteiger partial charge is 0.489 e. The van der Waals surface area contributed by atoms with Gasteiger partial charge in [-0.25, -0.2) is 4.98 Å². The number of nitrogens with one attached hydrogen (secondary N) is 1. The summed E-state index contributed by atoms with van der Waals surface area (Å²) in [4.78, 5) is 41.6. The molecule has 0 radical (unpaired) electrons. The van der Waals surface area contributed by atoms with E-state index in [1.54, 1.807) is 6.92 Å². The predicted octanol–water partition coefficient (Wildman–Crippen LogP) is 1.85. The third-order valence-corrected chi connectivity index (χ3v) is 5.08. The zero-order chi connectivity index (χ0) is 23.7. The number of carbonyl (C=O) groups is 3. The first kappa shape index (κ1) is 22.6. The van der Waals surface area contributed by atoms with Gasteiger partial charge in [0.25, 0.3) is 5.91 Å². The van der Waals surface area contributed by atoms with Crippen LogP contribution in [0.25, 0.3) is 11.5 Å². The summed E-state index contributed by atoms with van der Waals surface area (Å²) in [7, 11) is 0. The molecule has 1 aliphatic heterocycles. The van der Waals surface area contributed by atoms with Gasteiger partial charge in [-0.1, -0.05) is 0 Å². The number of halogens is 2. The number of nitrogens with zero attached hydrogens (tertiary/aromatic N) is 2. The van der Waals surface area contributed by atoms with Crippen LogP contribution in [0.3, 0.4) is 0 Å². The van der Waals surface area contributed by atoms with Gasteiger partial charge in [0.15, 0.2) is 23.0 Å². The van der Waals surface area contributed by atoms with E-state index in [1.807, 2.05) is 0 Å². The van der Waals surface area contributed by atoms with Crippen LogP contribution >= 0.6 is 0 Å². The summed E-state index contributed by atoms with van der Waals surface area (Å²) < 4.78 is 41.5. The van der Waals surface area contributed by atoms with Gasteiger partial charge in [0.1, 0.15) is 13.1 Å². The molecule has 0 unspecified atom stereocenters. The van der Waals surface area contributed by atoms with Gasteiger partial charge in [-0.2, -0.15) is 8.78 Å². The number of nitrogens with two attached hydrogens (primary N) is 1. The third-order valence-electron chi connectivity index (χ3n) is 5.08. The Hall–Kier alpha value is -3.54. The Kier molecular flexibility index (Phi) is 6.27. The van der Waals surface area contributed by atoms with Crippen molar-refractivity contribution in [1.82, 2.24) is 15.2 Å². The summed E-state index contributed by atoms with van der Waals surface area (Å²) in [5, 5.41) is 2.11. The average Bonchev–Trinajstić information content (AvgIpc) is 3.46. The first-order valence-electron chi connectivity index (χ1n) is 10.3. The Bertz CT molecular complexity index is 1070. The standard InChI is InChI=1S/C21H22F2N4O6/c1-10(24)18-17(20(30)27-7-15(28)25-16(29)8-27)26-19(33-18)12-4-5-13(32-21(22)23)14(6-12)31-9-11-2-3-11/h4-6,10-11,21H,2-3,7-9,24H2,1H3,(H,25,28,29)/t10-/m0/s1. The molecule has 2 fully saturated rings. The van der Waals surface area contributed by atoms with E-state index < -0.39 is 30.4 Å². The Morgan fingerprint density at radius 1 is 1.27 bits per heavy atom. The van der Waals surface area contributed by atoms with E-state index in [0.29, 0.717) is 18.1 Å². The third kappa shape index (κ3) is 5.28. The van der Waals surface area contributed by atoms with Gasteiger partial charge in [-0.3, -0.25) is 19.7 Å². The first-order chi connectivity index (χ1) is 15.7. The van der Waals surface area contributed by atoms with Crippen molar-refractivity contribution in [3.63, 3.8) is 0 Å². The minimum atomic E-state index is -3.03. The number of benzene rings is 1. The topological polar surface area (TPSA) is 137 Å². The highest BCUT2D eigenvalue weighted by Crippen LogP contribution is 2.37. The number of oxazole rings is 1. The Morgan fingerprint density at radius 3 is 2.58 bits per heavy atom. The molecule has 33 heavy (non-hydrogen) atoms. The molecule has 2 heterocycles. The zero-order valence-electron chi connectivity index (χ0n) is 17.7. The second-order valence-electron chi connectivity index (χ2n) is 7.95. The lowest BCUT2D eigenvalue weighted by Gasteiger charge is -2.24. The number of aromatic nitrogens is 1. The SMILES string of the molecule is C[C@H](N)c1oc(-c2ccc(OC(F)F)c(OCC3CC3)c2)nc1C(=O)N1CC(=O)NC(=O)C1. The van der Waals surface area contributed by atoms with Crippen molar-refractivity contribution in [3.05, 3.63) is 29.7 Å². The van der Waals surface area contributed by atoms with Crippen LogP contribution in [0.1, 0.15) is 42.1 Å². The van der Waals surface area contributed by atoms with E-state index >= 15 is 0 Å². The quantitative estimate of drug-likeness (QED) is 0.565. The van der Waals surface area contributed by atoms with Crippen LogP contribution in [-0.4, -0.2) is 53.9 Å². The fourth-order valence-electron chi connectivity index (χ4n) is 3.29. The van der Waals surface area contributed by atoms with Crippen LogP contribution in [0.4, 0.5) is 8.78 Å². The molecule has 1 saturated carbocycles. The van der Waals surface area contributed by atoms with Crippen LogP contribution in [0.5, 0.6) is 11.5 Å². The van der Waals surface area contributed by atoms with Crippen molar-refractivity contribution in [2.75, 3.05) is 19.7 Å². The fraction of sp³-hybridized carbons (Fsp3) is 0.429. The van der Waals surface area contributed by atoms with Gasteiger partial charge in [-0.05, 0) is 43.9 Å². The van der Waals surface area contributed by atoms with Crippen molar-refractivity contribution >= 4 is 17.7 Å². The van der Waals surface area contributed by atoms with Crippen molar-refractivity contribution in [2.24, 2.45) is 11.7 Å². The maximum Gasteiger partial charge on any atom is 0.387 e. The molecular weight excluding hydrogens is 442 g/mol. The lowest BCUT2D eigenvalue weighted by Crippen LogP contribution is -2.53.